The van der Waals surface area contributed by atoms with Crippen molar-refractivity contribution in [3.63, 3.8) is 0 Å². The van der Waals surface area contributed by atoms with Gasteiger partial charge in [0.1, 0.15) is 10.7 Å². The van der Waals surface area contributed by atoms with Crippen LogP contribution in [-0.2, 0) is 10.0 Å². The minimum Gasteiger partial charge on any atom is -0.392 e. The molecule has 1 N–H and O–H groups in total. The zero-order chi connectivity index (χ0) is 12.6. The minimum absolute atomic E-state index is 0.00436. The first kappa shape index (κ1) is 12.8. The lowest BCUT2D eigenvalue weighted by Crippen LogP contribution is -2.30. The molecular weight excluding hydrogens is 269 g/mol. The van der Waals surface area contributed by atoms with Crippen molar-refractivity contribution in [3.8, 4) is 0 Å². The number of hydrogen-bond acceptors (Lipinski definition) is 3. The number of β-amino-alcohol motifs (C(OH)–C–C–N with tert-alkyl or cyclic N) is 1. The lowest BCUT2D eigenvalue weighted by atomic mass is 10.3. The van der Waals surface area contributed by atoms with Crippen LogP contribution in [0.4, 0.5) is 4.39 Å². The summed E-state index contributed by atoms with van der Waals surface area (Å²) in [6.07, 6.45) is -0.311. The standard InChI is InChI=1S/C10H11ClFNO3S/c11-7-1-2-10(9(12)5-7)17(15,16)13-4-3-8(14)6-13/h1-2,5,8,14H,3-4,6H2. The lowest BCUT2D eigenvalue weighted by Gasteiger charge is -2.16. The fourth-order valence-corrected chi connectivity index (χ4v) is 3.45. The second kappa shape index (κ2) is 4.53. The van der Waals surface area contributed by atoms with Crippen LogP contribution in [0, 0.1) is 5.82 Å². The quantitative estimate of drug-likeness (QED) is 0.886. The highest BCUT2D eigenvalue weighted by Crippen LogP contribution is 2.25. The maximum Gasteiger partial charge on any atom is 0.246 e. The summed E-state index contributed by atoms with van der Waals surface area (Å²) in [7, 11) is -3.88. The van der Waals surface area contributed by atoms with Crippen molar-refractivity contribution in [2.24, 2.45) is 0 Å². The molecule has 4 nitrogen and oxygen atoms in total. The molecule has 0 bridgehead atoms. The summed E-state index contributed by atoms with van der Waals surface area (Å²) in [6.45, 7) is 0.204. The minimum atomic E-state index is -3.88. The van der Waals surface area contributed by atoms with Crippen LogP contribution in [-0.4, -0.2) is 37.0 Å². The Hall–Kier alpha value is -0.690. The molecule has 94 valence electrons. The van der Waals surface area contributed by atoms with Crippen molar-refractivity contribution < 1.29 is 17.9 Å². The van der Waals surface area contributed by atoms with Gasteiger partial charge in [-0.05, 0) is 24.6 Å². The Morgan fingerprint density at radius 3 is 2.71 bits per heavy atom. The third-order valence-electron chi connectivity index (χ3n) is 2.64. The first-order chi connectivity index (χ1) is 7.91. The molecule has 1 aromatic carbocycles. The van der Waals surface area contributed by atoms with E-state index in [9.17, 15) is 17.9 Å². The molecular formula is C10H11ClFNO3S. The molecule has 1 fully saturated rings. The van der Waals surface area contributed by atoms with Crippen LogP contribution in [0.25, 0.3) is 0 Å². The van der Waals surface area contributed by atoms with Crippen molar-refractivity contribution >= 4 is 21.6 Å². The maximum atomic E-state index is 13.5. The van der Waals surface area contributed by atoms with Crippen molar-refractivity contribution in [2.75, 3.05) is 13.1 Å². The van der Waals surface area contributed by atoms with Crippen LogP contribution in [0.1, 0.15) is 6.42 Å². The number of benzene rings is 1. The largest absolute Gasteiger partial charge is 0.392 e. The molecule has 1 aliphatic heterocycles. The van der Waals surface area contributed by atoms with E-state index in [1.165, 1.54) is 6.07 Å². The van der Waals surface area contributed by atoms with Crippen LogP contribution in [0.5, 0.6) is 0 Å². The van der Waals surface area contributed by atoms with Gasteiger partial charge in [0.05, 0.1) is 6.10 Å². The summed E-state index contributed by atoms with van der Waals surface area (Å²) in [4.78, 5) is -0.406. The number of nitrogens with zero attached hydrogens (tertiary/aromatic N) is 1. The monoisotopic (exact) mass is 279 g/mol. The Labute approximate surface area is 104 Å². The molecule has 0 spiro atoms. The predicted molar refractivity (Wildman–Crippen MR) is 60.8 cm³/mol. The molecule has 1 atom stereocenters. The van der Waals surface area contributed by atoms with Crippen LogP contribution >= 0.6 is 11.6 Å². The van der Waals surface area contributed by atoms with Gasteiger partial charge in [0, 0.05) is 18.1 Å². The van der Waals surface area contributed by atoms with Crippen molar-refractivity contribution in [2.45, 2.75) is 17.4 Å². The van der Waals surface area contributed by atoms with Gasteiger partial charge in [-0.2, -0.15) is 4.31 Å². The Morgan fingerprint density at radius 2 is 2.18 bits per heavy atom. The topological polar surface area (TPSA) is 57.6 Å². The van der Waals surface area contributed by atoms with E-state index >= 15 is 0 Å². The average molecular weight is 280 g/mol. The molecule has 0 radical (unpaired) electrons. The van der Waals surface area contributed by atoms with E-state index in [1.54, 1.807) is 0 Å². The van der Waals surface area contributed by atoms with Gasteiger partial charge in [0.15, 0.2) is 0 Å². The van der Waals surface area contributed by atoms with Crippen LogP contribution in [0.15, 0.2) is 23.1 Å². The number of hydrogen-bond donors (Lipinski definition) is 1. The van der Waals surface area contributed by atoms with E-state index < -0.39 is 26.8 Å². The van der Waals surface area contributed by atoms with E-state index in [0.29, 0.717) is 6.42 Å². The van der Waals surface area contributed by atoms with Gasteiger partial charge in [-0.15, -0.1) is 0 Å². The summed E-state index contributed by atoms with van der Waals surface area (Å²) in [6, 6.07) is 3.42. The van der Waals surface area contributed by atoms with Gasteiger partial charge in [-0.25, -0.2) is 12.8 Å². The van der Waals surface area contributed by atoms with E-state index in [2.05, 4.69) is 0 Å². The Kier molecular flexibility index (Phi) is 3.40. The van der Waals surface area contributed by atoms with Gasteiger partial charge < -0.3 is 5.11 Å². The van der Waals surface area contributed by atoms with Gasteiger partial charge in [0.2, 0.25) is 10.0 Å². The summed E-state index contributed by atoms with van der Waals surface area (Å²) in [5.74, 6) is -0.876. The number of sulfonamides is 1. The zero-order valence-corrected chi connectivity index (χ0v) is 10.4. The molecule has 1 aliphatic rings. The third kappa shape index (κ3) is 2.44. The van der Waals surface area contributed by atoms with Crippen molar-refractivity contribution in [1.82, 2.24) is 4.31 Å². The van der Waals surface area contributed by atoms with Gasteiger partial charge >= 0.3 is 0 Å². The molecule has 0 aromatic heterocycles. The highest BCUT2D eigenvalue weighted by atomic mass is 35.5. The number of halogens is 2. The molecule has 2 rings (SSSR count). The fourth-order valence-electron chi connectivity index (χ4n) is 1.75. The Morgan fingerprint density at radius 1 is 1.47 bits per heavy atom. The summed E-state index contributed by atoms with van der Waals surface area (Å²) >= 11 is 5.56. The smallest absolute Gasteiger partial charge is 0.246 e. The molecule has 0 saturated carbocycles. The average Bonchev–Trinajstić information content (AvgIpc) is 2.64. The Bertz CT molecular complexity index is 534. The normalized spacial score (nSPS) is 21.9. The molecule has 0 amide bonds. The zero-order valence-electron chi connectivity index (χ0n) is 8.81. The second-order valence-electron chi connectivity index (χ2n) is 3.88. The lowest BCUT2D eigenvalue weighted by molar-refractivity contribution is 0.189. The predicted octanol–water partition coefficient (Wildman–Crippen LogP) is 1.23. The third-order valence-corrected chi connectivity index (χ3v) is 4.77. The van der Waals surface area contributed by atoms with Crippen LogP contribution in [0.3, 0.4) is 0 Å². The maximum absolute atomic E-state index is 13.5. The fraction of sp³-hybridized carbons (Fsp3) is 0.400. The highest BCUT2D eigenvalue weighted by molar-refractivity contribution is 7.89. The highest BCUT2D eigenvalue weighted by Gasteiger charge is 2.33. The van der Waals surface area contributed by atoms with Gasteiger partial charge in [-0.1, -0.05) is 11.6 Å². The van der Waals surface area contributed by atoms with Gasteiger partial charge in [-0.3, -0.25) is 0 Å². The Balaban J connectivity index is 2.38. The van der Waals surface area contributed by atoms with Gasteiger partial charge in [0.25, 0.3) is 0 Å². The molecule has 0 aliphatic carbocycles. The number of aliphatic hydroxyl groups is 1. The SMILES string of the molecule is O=S(=O)(c1ccc(Cl)cc1F)N1CCC(O)C1. The van der Waals surface area contributed by atoms with E-state index in [4.69, 9.17) is 11.6 Å². The van der Waals surface area contributed by atoms with E-state index in [1.807, 2.05) is 0 Å². The summed E-state index contributed by atoms with van der Waals surface area (Å²) < 4.78 is 38.7. The molecule has 1 saturated heterocycles. The van der Waals surface area contributed by atoms with E-state index in [0.717, 1.165) is 16.4 Å². The molecule has 7 heteroatoms. The molecule has 1 heterocycles. The van der Waals surface area contributed by atoms with Crippen molar-refractivity contribution in [3.05, 3.63) is 29.0 Å². The van der Waals surface area contributed by atoms with Crippen LogP contribution < -0.4 is 0 Å². The second-order valence-corrected chi connectivity index (χ2v) is 6.22. The summed E-state index contributed by atoms with van der Waals surface area (Å²) in [5.41, 5.74) is 0. The molecule has 1 aromatic rings. The first-order valence-corrected chi connectivity index (χ1v) is 6.86. The molecule has 17 heavy (non-hydrogen) atoms. The summed E-state index contributed by atoms with van der Waals surface area (Å²) in [5, 5.41) is 9.44. The number of aliphatic hydroxyl groups excluding tert-OH is 1. The van der Waals surface area contributed by atoms with Crippen molar-refractivity contribution in [1.29, 1.82) is 0 Å². The van der Waals surface area contributed by atoms with E-state index in [-0.39, 0.29) is 18.1 Å². The molecule has 1 unspecified atom stereocenters. The number of rotatable bonds is 2. The van der Waals surface area contributed by atoms with Crippen LogP contribution in [0.2, 0.25) is 5.02 Å². The first-order valence-electron chi connectivity index (χ1n) is 5.04.